The lowest BCUT2D eigenvalue weighted by molar-refractivity contribution is 0.0946. The molecule has 1 amide bonds. The monoisotopic (exact) mass is 324 g/mol. The van der Waals surface area contributed by atoms with Gasteiger partial charge in [-0.25, -0.2) is 0 Å². The molecule has 0 radical (unpaired) electrons. The van der Waals surface area contributed by atoms with E-state index in [2.05, 4.69) is 52.5 Å². The van der Waals surface area contributed by atoms with Crippen molar-refractivity contribution >= 4 is 17.4 Å². The molecule has 5 heteroatoms. The van der Waals surface area contributed by atoms with E-state index in [9.17, 15) is 4.79 Å². The van der Waals surface area contributed by atoms with Gasteiger partial charge in [-0.2, -0.15) is 0 Å². The molecule has 0 bridgehead atoms. The van der Waals surface area contributed by atoms with Crippen LogP contribution in [0, 0.1) is 5.92 Å². The Hall–Kier alpha value is -2.43. The van der Waals surface area contributed by atoms with Gasteiger partial charge in [-0.15, -0.1) is 10.2 Å². The normalized spacial score (nSPS) is 13.7. The molecule has 0 saturated carbocycles. The van der Waals surface area contributed by atoms with Crippen LogP contribution in [-0.4, -0.2) is 29.2 Å². The average Bonchev–Trinajstić information content (AvgIpc) is 2.61. The first-order valence-corrected chi connectivity index (χ1v) is 8.62. The van der Waals surface area contributed by atoms with Crippen molar-refractivity contribution in [2.75, 3.05) is 18.0 Å². The topological polar surface area (TPSA) is 58.1 Å². The predicted octanol–water partition coefficient (Wildman–Crippen LogP) is 3.34. The molecule has 3 rings (SSSR count). The zero-order valence-electron chi connectivity index (χ0n) is 14.3. The van der Waals surface area contributed by atoms with E-state index < -0.39 is 0 Å². The number of rotatable bonds is 5. The molecule has 0 spiro atoms. The number of carbonyl (C=O) groups is 1. The maximum atomic E-state index is 12.1. The summed E-state index contributed by atoms with van der Waals surface area (Å²) in [6.07, 6.45) is 3.15. The minimum atomic E-state index is -0.159. The Bertz CT molecular complexity index is 697. The lowest BCUT2D eigenvalue weighted by Gasteiger charge is -2.29. The van der Waals surface area contributed by atoms with E-state index in [-0.39, 0.29) is 5.91 Å². The van der Waals surface area contributed by atoms with Crippen molar-refractivity contribution in [2.24, 2.45) is 5.92 Å². The molecular formula is C19H24N4O. The molecule has 0 aliphatic carbocycles. The van der Waals surface area contributed by atoms with Crippen LogP contribution < -0.4 is 10.2 Å². The van der Waals surface area contributed by atoms with Gasteiger partial charge in [-0.05, 0) is 48.9 Å². The van der Waals surface area contributed by atoms with Crippen molar-refractivity contribution in [2.45, 2.75) is 33.1 Å². The number of amides is 1. The Morgan fingerprint density at radius 2 is 2.04 bits per heavy atom. The molecule has 1 N–H and O–H groups in total. The van der Waals surface area contributed by atoms with Gasteiger partial charge < -0.3 is 10.2 Å². The number of hydrogen-bond acceptors (Lipinski definition) is 4. The summed E-state index contributed by atoms with van der Waals surface area (Å²) in [5.74, 6) is 1.20. The van der Waals surface area contributed by atoms with Crippen LogP contribution in [0.5, 0.6) is 0 Å². The van der Waals surface area contributed by atoms with Gasteiger partial charge in [-0.1, -0.05) is 32.0 Å². The van der Waals surface area contributed by atoms with E-state index in [0.717, 1.165) is 31.6 Å². The van der Waals surface area contributed by atoms with Crippen LogP contribution in [0.1, 0.15) is 42.7 Å². The summed E-state index contributed by atoms with van der Waals surface area (Å²) in [5, 5.41) is 11.3. The van der Waals surface area contributed by atoms with Gasteiger partial charge in [0.2, 0.25) is 0 Å². The summed E-state index contributed by atoms with van der Waals surface area (Å²) in [6, 6.07) is 12.0. The second-order valence-electron chi connectivity index (χ2n) is 6.60. The fraction of sp³-hybridized carbons (Fsp3) is 0.421. The van der Waals surface area contributed by atoms with Crippen LogP contribution in [0.2, 0.25) is 0 Å². The summed E-state index contributed by atoms with van der Waals surface area (Å²) in [6.45, 7) is 5.86. The first-order valence-electron chi connectivity index (χ1n) is 8.62. The van der Waals surface area contributed by atoms with Crippen molar-refractivity contribution in [3.63, 3.8) is 0 Å². The first-order chi connectivity index (χ1) is 11.6. The van der Waals surface area contributed by atoms with Gasteiger partial charge in [0.15, 0.2) is 11.5 Å². The number of hydrogen-bond donors (Lipinski definition) is 1. The van der Waals surface area contributed by atoms with Crippen molar-refractivity contribution < 1.29 is 4.79 Å². The Morgan fingerprint density at radius 1 is 1.21 bits per heavy atom. The Morgan fingerprint density at radius 3 is 2.79 bits per heavy atom. The van der Waals surface area contributed by atoms with E-state index in [1.54, 1.807) is 6.07 Å². The van der Waals surface area contributed by atoms with Gasteiger partial charge in [0.1, 0.15) is 0 Å². The SMILES string of the molecule is CC(C)CCNC(=O)c1ccc(N2CCCc3ccccc32)nn1. The van der Waals surface area contributed by atoms with E-state index in [1.807, 2.05) is 12.1 Å². The smallest absolute Gasteiger partial charge is 0.271 e. The Kier molecular flexibility index (Phi) is 5.08. The highest BCUT2D eigenvalue weighted by Crippen LogP contribution is 2.31. The summed E-state index contributed by atoms with van der Waals surface area (Å²) in [4.78, 5) is 14.3. The zero-order valence-corrected chi connectivity index (χ0v) is 14.3. The van der Waals surface area contributed by atoms with Crippen LogP contribution in [0.25, 0.3) is 0 Å². The summed E-state index contributed by atoms with van der Waals surface area (Å²) < 4.78 is 0. The van der Waals surface area contributed by atoms with Gasteiger partial charge in [0, 0.05) is 18.8 Å². The summed E-state index contributed by atoms with van der Waals surface area (Å²) in [5.41, 5.74) is 2.89. The van der Waals surface area contributed by atoms with Crippen LogP contribution in [0.3, 0.4) is 0 Å². The van der Waals surface area contributed by atoms with Gasteiger partial charge in [0.05, 0.1) is 0 Å². The number of carbonyl (C=O) groups excluding carboxylic acids is 1. The van der Waals surface area contributed by atoms with Crippen LogP contribution in [-0.2, 0) is 6.42 Å². The largest absolute Gasteiger partial charge is 0.351 e. The minimum Gasteiger partial charge on any atom is -0.351 e. The van der Waals surface area contributed by atoms with Crippen molar-refractivity contribution in [1.82, 2.24) is 15.5 Å². The van der Waals surface area contributed by atoms with E-state index in [0.29, 0.717) is 18.2 Å². The molecule has 5 nitrogen and oxygen atoms in total. The molecule has 0 atom stereocenters. The molecule has 1 aliphatic heterocycles. The molecule has 1 aliphatic rings. The van der Waals surface area contributed by atoms with Crippen LogP contribution in [0.15, 0.2) is 36.4 Å². The molecule has 2 heterocycles. The van der Waals surface area contributed by atoms with E-state index >= 15 is 0 Å². The zero-order chi connectivity index (χ0) is 16.9. The fourth-order valence-electron chi connectivity index (χ4n) is 2.93. The first kappa shape index (κ1) is 16.4. The van der Waals surface area contributed by atoms with E-state index in [4.69, 9.17) is 0 Å². The molecule has 0 saturated heterocycles. The lowest BCUT2D eigenvalue weighted by atomic mass is 10.0. The number of nitrogens with one attached hydrogen (secondary N) is 1. The minimum absolute atomic E-state index is 0.159. The van der Waals surface area contributed by atoms with Gasteiger partial charge in [-0.3, -0.25) is 4.79 Å². The van der Waals surface area contributed by atoms with Crippen LogP contribution in [0.4, 0.5) is 11.5 Å². The molecule has 24 heavy (non-hydrogen) atoms. The number of aryl methyl sites for hydroxylation is 1. The molecule has 0 fully saturated rings. The predicted molar refractivity (Wildman–Crippen MR) is 95.6 cm³/mol. The molecule has 1 aromatic carbocycles. The maximum Gasteiger partial charge on any atom is 0.271 e. The number of fused-ring (bicyclic) bond motifs is 1. The third-order valence-corrected chi connectivity index (χ3v) is 4.28. The lowest BCUT2D eigenvalue weighted by Crippen LogP contribution is -2.28. The van der Waals surface area contributed by atoms with Crippen LogP contribution >= 0.6 is 0 Å². The molecule has 1 aromatic heterocycles. The van der Waals surface area contributed by atoms with Gasteiger partial charge in [0.25, 0.3) is 5.91 Å². The second kappa shape index (κ2) is 7.43. The summed E-state index contributed by atoms with van der Waals surface area (Å²) in [7, 11) is 0. The summed E-state index contributed by atoms with van der Waals surface area (Å²) >= 11 is 0. The highest BCUT2D eigenvalue weighted by Gasteiger charge is 2.19. The van der Waals surface area contributed by atoms with Crippen molar-refractivity contribution in [3.8, 4) is 0 Å². The standard InChI is InChI=1S/C19H24N4O/c1-14(2)11-12-20-19(24)16-9-10-18(22-21-16)23-13-5-7-15-6-3-4-8-17(15)23/h3-4,6,8-10,14H,5,7,11-13H2,1-2H3,(H,20,24). The number of para-hydroxylation sites is 1. The average molecular weight is 324 g/mol. The number of benzene rings is 1. The third kappa shape index (κ3) is 3.72. The Labute approximate surface area is 143 Å². The van der Waals surface area contributed by atoms with Gasteiger partial charge >= 0.3 is 0 Å². The second-order valence-corrected chi connectivity index (χ2v) is 6.60. The number of nitrogens with zero attached hydrogens (tertiary/aromatic N) is 3. The van der Waals surface area contributed by atoms with Crippen molar-refractivity contribution in [3.05, 3.63) is 47.7 Å². The number of aromatic nitrogens is 2. The highest BCUT2D eigenvalue weighted by atomic mass is 16.1. The molecule has 2 aromatic rings. The number of anilines is 2. The Balaban J connectivity index is 1.70. The molecule has 0 unspecified atom stereocenters. The fourth-order valence-corrected chi connectivity index (χ4v) is 2.93. The maximum absolute atomic E-state index is 12.1. The molecular weight excluding hydrogens is 300 g/mol. The molecule has 126 valence electrons. The third-order valence-electron chi connectivity index (χ3n) is 4.28. The van der Waals surface area contributed by atoms with E-state index in [1.165, 1.54) is 11.3 Å². The highest BCUT2D eigenvalue weighted by molar-refractivity contribution is 5.92. The van der Waals surface area contributed by atoms with Crippen molar-refractivity contribution in [1.29, 1.82) is 0 Å². The quantitative estimate of drug-likeness (QED) is 0.916.